The highest BCUT2D eigenvalue weighted by atomic mass is 16.6. The van der Waals surface area contributed by atoms with E-state index in [1.807, 2.05) is 0 Å². The van der Waals surface area contributed by atoms with Gasteiger partial charge >= 0.3 is 5.97 Å². The topological polar surface area (TPSA) is 170 Å². The van der Waals surface area contributed by atoms with Gasteiger partial charge in [-0.1, -0.05) is 24.3 Å². The molecule has 0 aliphatic carbocycles. The number of nitriles is 1. The van der Waals surface area contributed by atoms with E-state index in [0.29, 0.717) is 22.4 Å². The summed E-state index contributed by atoms with van der Waals surface area (Å²) in [4.78, 5) is 22.9. The Morgan fingerprint density at radius 3 is 2.69 bits per heavy atom. The number of benzene rings is 2. The molecule has 2 aromatic heterocycles. The van der Waals surface area contributed by atoms with Gasteiger partial charge in [0.25, 0.3) is 5.69 Å². The van der Waals surface area contributed by atoms with Crippen molar-refractivity contribution < 1.29 is 23.6 Å². The molecule has 1 unspecified atom stereocenters. The van der Waals surface area contributed by atoms with Gasteiger partial charge in [0.1, 0.15) is 17.4 Å². The number of ether oxygens (including phenoxy) is 2. The van der Waals surface area contributed by atoms with Gasteiger partial charge in [-0.05, 0) is 29.8 Å². The van der Waals surface area contributed by atoms with Gasteiger partial charge in [0.2, 0.25) is 17.5 Å². The molecule has 11 nitrogen and oxygen atoms in total. The van der Waals surface area contributed by atoms with Crippen molar-refractivity contribution in [2.24, 2.45) is 5.73 Å². The van der Waals surface area contributed by atoms with Gasteiger partial charge in [-0.15, -0.1) is 5.10 Å². The van der Waals surface area contributed by atoms with Crippen LogP contribution < -0.4 is 15.2 Å². The van der Waals surface area contributed by atoms with E-state index < -0.39 is 16.8 Å². The van der Waals surface area contributed by atoms with Crippen molar-refractivity contribution in [3.8, 4) is 29.0 Å². The molecule has 0 amide bonds. The van der Waals surface area contributed by atoms with Crippen LogP contribution in [0.4, 0.5) is 5.69 Å². The maximum atomic E-state index is 12.1. The monoisotopic (exact) mass is 469 g/mol. The van der Waals surface area contributed by atoms with Crippen molar-refractivity contribution in [3.05, 3.63) is 105 Å². The molecule has 1 aliphatic rings. The number of esters is 1. The van der Waals surface area contributed by atoms with Crippen LogP contribution in [0.5, 0.6) is 11.6 Å². The number of nitro groups is 1. The number of rotatable bonds is 5. The number of carbonyl (C=O) groups is 1. The fourth-order valence-corrected chi connectivity index (χ4v) is 3.85. The van der Waals surface area contributed by atoms with Gasteiger partial charge in [0.05, 0.1) is 28.4 Å². The van der Waals surface area contributed by atoms with Crippen LogP contribution in [0.2, 0.25) is 0 Å². The number of non-ortho nitro benzene ring substituents is 1. The lowest BCUT2D eigenvalue weighted by molar-refractivity contribution is -0.384. The Hall–Kier alpha value is -5.37. The largest absolute Gasteiger partial charge is 0.457 e. The van der Waals surface area contributed by atoms with Crippen LogP contribution in [-0.2, 0) is 0 Å². The van der Waals surface area contributed by atoms with Gasteiger partial charge in [0.15, 0.2) is 0 Å². The van der Waals surface area contributed by atoms with Crippen molar-refractivity contribution in [2.75, 3.05) is 0 Å². The molecule has 0 radical (unpaired) electrons. The van der Waals surface area contributed by atoms with E-state index in [2.05, 4.69) is 16.3 Å². The zero-order valence-electron chi connectivity index (χ0n) is 17.8. The summed E-state index contributed by atoms with van der Waals surface area (Å²) in [6.45, 7) is 0. The van der Waals surface area contributed by atoms with Crippen LogP contribution in [0.25, 0.3) is 11.3 Å². The predicted molar refractivity (Wildman–Crippen MR) is 120 cm³/mol. The van der Waals surface area contributed by atoms with E-state index in [1.54, 1.807) is 42.5 Å². The number of nitrogens with zero attached hydrogens (tertiary/aromatic N) is 3. The molecule has 5 rings (SSSR count). The molecule has 1 aliphatic heterocycles. The number of nitro benzene ring substituents is 1. The van der Waals surface area contributed by atoms with Crippen LogP contribution >= 0.6 is 0 Å². The first-order valence-corrected chi connectivity index (χ1v) is 10.2. The average molecular weight is 469 g/mol. The molecular formula is C24H15N5O6. The molecule has 2 aromatic carbocycles. The summed E-state index contributed by atoms with van der Waals surface area (Å²) >= 11 is 0. The normalized spacial score (nSPS) is 14.5. The first kappa shape index (κ1) is 21.5. The van der Waals surface area contributed by atoms with Gasteiger partial charge in [-0.3, -0.25) is 15.2 Å². The number of hydrogen-bond acceptors (Lipinski definition) is 9. The summed E-state index contributed by atoms with van der Waals surface area (Å²) in [7, 11) is 0. The summed E-state index contributed by atoms with van der Waals surface area (Å²) < 4.78 is 15.9. The minimum atomic E-state index is -0.688. The molecule has 172 valence electrons. The second-order valence-corrected chi connectivity index (χ2v) is 7.49. The second kappa shape index (κ2) is 8.53. The van der Waals surface area contributed by atoms with Crippen LogP contribution in [0.15, 0.2) is 82.8 Å². The highest BCUT2D eigenvalue weighted by molar-refractivity contribution is 5.88. The molecule has 3 N–H and O–H groups in total. The number of aromatic nitrogens is 2. The molecule has 35 heavy (non-hydrogen) atoms. The maximum absolute atomic E-state index is 12.1. The smallest absolute Gasteiger partial charge is 0.379 e. The second-order valence-electron chi connectivity index (χ2n) is 7.49. The van der Waals surface area contributed by atoms with Crippen LogP contribution in [0.1, 0.15) is 27.6 Å². The number of nitrogens with one attached hydrogen (secondary N) is 1. The molecule has 4 aromatic rings. The summed E-state index contributed by atoms with van der Waals surface area (Å²) in [5, 5.41) is 28.1. The fourth-order valence-electron chi connectivity index (χ4n) is 3.85. The summed E-state index contributed by atoms with van der Waals surface area (Å²) in [5.41, 5.74) is 8.12. The third kappa shape index (κ3) is 3.85. The number of hydrogen-bond donors (Lipinski definition) is 2. The first-order valence-electron chi connectivity index (χ1n) is 10.2. The number of furan rings is 1. The minimum absolute atomic E-state index is 0.0608. The van der Waals surface area contributed by atoms with Crippen LogP contribution in [0.3, 0.4) is 0 Å². The average Bonchev–Trinajstić information content (AvgIpc) is 3.54. The van der Waals surface area contributed by atoms with Crippen molar-refractivity contribution >= 4 is 11.7 Å². The molecule has 1 atom stereocenters. The maximum Gasteiger partial charge on any atom is 0.379 e. The lowest BCUT2D eigenvalue weighted by Crippen LogP contribution is -2.21. The number of aromatic amines is 1. The third-order valence-electron chi connectivity index (χ3n) is 5.43. The summed E-state index contributed by atoms with van der Waals surface area (Å²) in [6, 6.07) is 17.7. The Morgan fingerprint density at radius 2 is 2.00 bits per heavy atom. The molecular weight excluding hydrogens is 454 g/mol. The molecule has 0 saturated carbocycles. The van der Waals surface area contributed by atoms with Gasteiger partial charge in [-0.25, -0.2) is 4.79 Å². The first-order chi connectivity index (χ1) is 17.0. The zero-order chi connectivity index (χ0) is 24.5. The molecule has 0 fully saturated rings. The number of allylic oxidation sites excluding steroid dienone is 1. The van der Waals surface area contributed by atoms with Crippen molar-refractivity contribution in [1.82, 2.24) is 10.2 Å². The Kier molecular flexibility index (Phi) is 5.23. The Labute approximate surface area is 197 Å². The molecule has 0 spiro atoms. The van der Waals surface area contributed by atoms with Crippen molar-refractivity contribution in [3.63, 3.8) is 0 Å². The number of H-pyrrole nitrogens is 1. The lowest BCUT2D eigenvalue weighted by Gasteiger charge is -2.24. The van der Waals surface area contributed by atoms with Gasteiger partial charge < -0.3 is 19.6 Å². The van der Waals surface area contributed by atoms with Crippen LogP contribution in [0, 0.1) is 21.4 Å². The molecule has 3 heterocycles. The lowest BCUT2D eigenvalue weighted by atomic mass is 9.83. The summed E-state index contributed by atoms with van der Waals surface area (Å²) in [6.07, 6.45) is 1.37. The molecule has 0 bridgehead atoms. The number of fused-ring (bicyclic) bond motifs is 1. The van der Waals surface area contributed by atoms with E-state index in [-0.39, 0.29) is 34.5 Å². The fraction of sp³-hybridized carbons (Fsp3) is 0.0417. The van der Waals surface area contributed by atoms with E-state index in [4.69, 9.17) is 19.6 Å². The van der Waals surface area contributed by atoms with E-state index >= 15 is 0 Å². The molecule has 11 heteroatoms. The highest BCUT2D eigenvalue weighted by Gasteiger charge is 2.35. The predicted octanol–water partition coefficient (Wildman–Crippen LogP) is 4.02. The van der Waals surface area contributed by atoms with Crippen molar-refractivity contribution in [2.45, 2.75) is 5.92 Å². The standard InChI is InChI=1S/C24H15N5O6/c25-12-17-19(13-6-8-16(9-7-13)34-24(30)18-5-2-10-33-18)20-21(27-28-23(20)35-22(17)26)14-3-1-4-15(11-14)29(31)32/h1-11,19H,26H2,(H,27,28). The quantitative estimate of drug-likeness (QED) is 0.190. The van der Waals surface area contributed by atoms with E-state index in [1.165, 1.54) is 24.5 Å². The van der Waals surface area contributed by atoms with Crippen molar-refractivity contribution in [1.29, 1.82) is 5.26 Å². The number of carbonyl (C=O) groups excluding carboxylic acids is 1. The molecule has 0 saturated heterocycles. The SMILES string of the molecule is N#CC1=C(N)Oc2n[nH]c(-c3cccc([N+](=O)[O-])c3)c2C1c1ccc(OC(=O)c2ccco2)cc1. The van der Waals surface area contributed by atoms with E-state index in [0.717, 1.165) is 0 Å². The Morgan fingerprint density at radius 1 is 1.20 bits per heavy atom. The van der Waals surface area contributed by atoms with Crippen LogP contribution in [-0.4, -0.2) is 21.1 Å². The zero-order valence-corrected chi connectivity index (χ0v) is 17.8. The number of nitrogens with two attached hydrogens (primary N) is 1. The Balaban J connectivity index is 1.55. The van der Waals surface area contributed by atoms with Gasteiger partial charge in [0, 0.05) is 17.7 Å². The van der Waals surface area contributed by atoms with Gasteiger partial charge in [-0.2, -0.15) is 5.26 Å². The third-order valence-corrected chi connectivity index (χ3v) is 5.43. The Bertz CT molecular complexity index is 1510. The summed E-state index contributed by atoms with van der Waals surface area (Å²) in [5.74, 6) is -0.960. The highest BCUT2D eigenvalue weighted by Crippen LogP contribution is 2.46. The van der Waals surface area contributed by atoms with E-state index in [9.17, 15) is 20.2 Å². The minimum Gasteiger partial charge on any atom is -0.457 e.